The van der Waals surface area contributed by atoms with E-state index in [1.807, 2.05) is 7.05 Å². The van der Waals surface area contributed by atoms with Crippen LogP contribution in [0.2, 0.25) is 0 Å². The lowest BCUT2D eigenvalue weighted by Gasteiger charge is -2.01. The largest absolute Gasteiger partial charge is 0.475 e. The predicted octanol–water partition coefficient (Wildman–Crippen LogP) is 1.32. The molecule has 84 valence electrons. The maximum absolute atomic E-state index is 10.8. The van der Waals surface area contributed by atoms with Crippen LogP contribution in [0.4, 0.5) is 5.69 Å². The molecule has 0 amide bonds. The second-order valence-electron chi connectivity index (χ2n) is 3.34. The topological polar surface area (TPSA) is 80.3 Å². The van der Waals surface area contributed by atoms with Gasteiger partial charge in [-0.15, -0.1) is 0 Å². The van der Waals surface area contributed by atoms with Gasteiger partial charge in [0.2, 0.25) is 5.76 Å². The fraction of sp³-hybridized carbons (Fsp3) is 0.200. The molecule has 2 aromatic rings. The van der Waals surface area contributed by atoms with E-state index in [1.54, 1.807) is 23.1 Å². The summed E-state index contributed by atoms with van der Waals surface area (Å²) < 4.78 is 6.52. The van der Waals surface area contributed by atoms with Crippen molar-refractivity contribution in [3.8, 4) is 0 Å². The van der Waals surface area contributed by atoms with Crippen molar-refractivity contribution in [2.75, 3.05) is 5.32 Å². The monoisotopic (exact) mass is 221 g/mol. The molecule has 2 heterocycles. The molecule has 2 aromatic heterocycles. The Morgan fingerprint density at radius 2 is 2.50 bits per heavy atom. The summed E-state index contributed by atoms with van der Waals surface area (Å²) in [7, 11) is 1.81. The number of carboxylic acids is 1. The average molecular weight is 221 g/mol. The number of rotatable bonds is 4. The highest BCUT2D eigenvalue weighted by Gasteiger charge is 2.13. The first-order chi connectivity index (χ1) is 7.66. The van der Waals surface area contributed by atoms with E-state index in [1.165, 1.54) is 6.26 Å². The SMILES string of the molecule is Cn1cc(NCc2ccoc2C(=O)O)cn1. The zero-order chi connectivity index (χ0) is 11.5. The van der Waals surface area contributed by atoms with Gasteiger partial charge < -0.3 is 14.8 Å². The quantitative estimate of drug-likeness (QED) is 0.813. The van der Waals surface area contributed by atoms with Gasteiger partial charge in [-0.2, -0.15) is 5.10 Å². The number of hydrogen-bond donors (Lipinski definition) is 2. The summed E-state index contributed by atoms with van der Waals surface area (Å²) in [5, 5.41) is 15.9. The zero-order valence-corrected chi connectivity index (χ0v) is 8.67. The summed E-state index contributed by atoms with van der Waals surface area (Å²) >= 11 is 0. The van der Waals surface area contributed by atoms with Crippen LogP contribution in [0.3, 0.4) is 0 Å². The van der Waals surface area contributed by atoms with E-state index >= 15 is 0 Å². The molecule has 0 aliphatic carbocycles. The van der Waals surface area contributed by atoms with E-state index in [0.717, 1.165) is 5.69 Å². The summed E-state index contributed by atoms with van der Waals surface area (Å²) in [4.78, 5) is 10.8. The van der Waals surface area contributed by atoms with E-state index in [2.05, 4.69) is 10.4 Å². The van der Waals surface area contributed by atoms with Crippen LogP contribution in [0.25, 0.3) is 0 Å². The predicted molar refractivity (Wildman–Crippen MR) is 56.2 cm³/mol. The highest BCUT2D eigenvalue weighted by atomic mass is 16.4. The number of furan rings is 1. The smallest absolute Gasteiger partial charge is 0.372 e. The normalized spacial score (nSPS) is 10.3. The molecule has 0 aromatic carbocycles. The summed E-state index contributed by atoms with van der Waals surface area (Å²) in [5.74, 6) is -1.09. The molecule has 0 radical (unpaired) electrons. The third kappa shape index (κ3) is 2.05. The van der Waals surface area contributed by atoms with E-state index in [9.17, 15) is 4.79 Å². The number of nitrogens with one attached hydrogen (secondary N) is 1. The third-order valence-corrected chi connectivity index (χ3v) is 2.13. The Bertz CT molecular complexity index is 501. The number of aromatic carboxylic acids is 1. The van der Waals surface area contributed by atoms with Crippen LogP contribution in [0.1, 0.15) is 16.1 Å². The Morgan fingerprint density at radius 3 is 3.12 bits per heavy atom. The first-order valence-corrected chi connectivity index (χ1v) is 4.69. The van der Waals surface area contributed by atoms with Crippen LogP contribution in [0.15, 0.2) is 29.1 Å². The molecule has 16 heavy (non-hydrogen) atoms. The van der Waals surface area contributed by atoms with Crippen molar-refractivity contribution in [3.63, 3.8) is 0 Å². The number of anilines is 1. The molecular weight excluding hydrogens is 210 g/mol. The van der Waals surface area contributed by atoms with Crippen LogP contribution in [0.5, 0.6) is 0 Å². The second-order valence-corrected chi connectivity index (χ2v) is 3.34. The molecule has 0 aliphatic rings. The molecule has 0 bridgehead atoms. The van der Waals surface area contributed by atoms with Crippen LogP contribution >= 0.6 is 0 Å². The highest BCUT2D eigenvalue weighted by Crippen LogP contribution is 2.13. The highest BCUT2D eigenvalue weighted by molar-refractivity contribution is 5.86. The molecule has 2 N–H and O–H groups in total. The van der Waals surface area contributed by atoms with Crippen LogP contribution in [-0.4, -0.2) is 20.9 Å². The van der Waals surface area contributed by atoms with Gasteiger partial charge in [0.25, 0.3) is 0 Å². The maximum Gasteiger partial charge on any atom is 0.372 e. The van der Waals surface area contributed by atoms with Crippen molar-refractivity contribution >= 4 is 11.7 Å². The van der Waals surface area contributed by atoms with Gasteiger partial charge in [0.15, 0.2) is 0 Å². The minimum Gasteiger partial charge on any atom is -0.475 e. The number of nitrogens with zero attached hydrogens (tertiary/aromatic N) is 2. The third-order valence-electron chi connectivity index (χ3n) is 2.13. The first-order valence-electron chi connectivity index (χ1n) is 4.69. The van der Waals surface area contributed by atoms with Gasteiger partial charge in [-0.1, -0.05) is 0 Å². The fourth-order valence-corrected chi connectivity index (χ4v) is 1.37. The van der Waals surface area contributed by atoms with E-state index in [0.29, 0.717) is 12.1 Å². The Kier molecular flexibility index (Phi) is 2.63. The molecule has 6 nitrogen and oxygen atoms in total. The van der Waals surface area contributed by atoms with Gasteiger partial charge in [-0.05, 0) is 6.07 Å². The number of carbonyl (C=O) groups is 1. The Morgan fingerprint density at radius 1 is 1.69 bits per heavy atom. The molecular formula is C10H11N3O3. The van der Waals surface area contributed by atoms with Gasteiger partial charge >= 0.3 is 5.97 Å². The van der Waals surface area contributed by atoms with Gasteiger partial charge in [0.05, 0.1) is 18.1 Å². The number of aryl methyl sites for hydroxylation is 1. The first kappa shape index (κ1) is 10.3. The Labute approximate surface area is 91.5 Å². The van der Waals surface area contributed by atoms with E-state index < -0.39 is 5.97 Å². The van der Waals surface area contributed by atoms with Crippen molar-refractivity contribution in [2.45, 2.75) is 6.54 Å². The summed E-state index contributed by atoms with van der Waals surface area (Å²) in [6.45, 7) is 0.393. The second kappa shape index (κ2) is 4.09. The summed E-state index contributed by atoms with van der Waals surface area (Å²) in [5.41, 5.74) is 1.44. The molecule has 0 fully saturated rings. The van der Waals surface area contributed by atoms with Crippen LogP contribution in [0, 0.1) is 0 Å². The van der Waals surface area contributed by atoms with Crippen molar-refractivity contribution in [2.24, 2.45) is 7.05 Å². The van der Waals surface area contributed by atoms with Gasteiger partial charge in [-0.3, -0.25) is 4.68 Å². The molecule has 0 spiro atoms. The van der Waals surface area contributed by atoms with Crippen molar-refractivity contribution in [1.29, 1.82) is 0 Å². The molecule has 0 unspecified atom stereocenters. The van der Waals surface area contributed by atoms with E-state index in [-0.39, 0.29) is 5.76 Å². The van der Waals surface area contributed by atoms with Crippen molar-refractivity contribution in [1.82, 2.24) is 9.78 Å². The van der Waals surface area contributed by atoms with Gasteiger partial charge in [-0.25, -0.2) is 4.79 Å². The van der Waals surface area contributed by atoms with Gasteiger partial charge in [0.1, 0.15) is 0 Å². The lowest BCUT2D eigenvalue weighted by atomic mass is 10.2. The minimum atomic E-state index is -1.06. The molecule has 0 saturated carbocycles. The summed E-state index contributed by atoms with van der Waals surface area (Å²) in [6.07, 6.45) is 4.84. The summed E-state index contributed by atoms with van der Waals surface area (Å²) in [6, 6.07) is 1.63. The number of carboxylic acid groups (broad SMARTS) is 1. The van der Waals surface area contributed by atoms with Crippen LogP contribution in [-0.2, 0) is 13.6 Å². The molecule has 0 atom stereocenters. The number of hydrogen-bond acceptors (Lipinski definition) is 4. The average Bonchev–Trinajstić information content (AvgIpc) is 2.83. The Balaban J connectivity index is 2.04. The molecule has 6 heteroatoms. The maximum atomic E-state index is 10.8. The molecule has 0 saturated heterocycles. The molecule has 2 rings (SSSR count). The van der Waals surface area contributed by atoms with E-state index in [4.69, 9.17) is 9.52 Å². The fourth-order valence-electron chi connectivity index (χ4n) is 1.37. The minimum absolute atomic E-state index is 0.0311. The number of aromatic nitrogens is 2. The standard InChI is InChI=1S/C10H11N3O3/c1-13-6-8(5-12-13)11-4-7-2-3-16-9(7)10(14)15/h2-3,5-6,11H,4H2,1H3,(H,14,15). The van der Waals surface area contributed by atoms with Gasteiger partial charge in [0, 0.05) is 25.4 Å². The van der Waals surface area contributed by atoms with Crippen LogP contribution < -0.4 is 5.32 Å². The lowest BCUT2D eigenvalue weighted by Crippen LogP contribution is -2.04. The molecule has 0 aliphatic heterocycles. The zero-order valence-electron chi connectivity index (χ0n) is 8.67. The Hall–Kier alpha value is -2.24. The van der Waals surface area contributed by atoms with Crippen molar-refractivity contribution in [3.05, 3.63) is 36.0 Å². The lowest BCUT2D eigenvalue weighted by molar-refractivity contribution is 0.0661. The van der Waals surface area contributed by atoms with Crippen molar-refractivity contribution < 1.29 is 14.3 Å².